The molecule has 0 radical (unpaired) electrons. The van der Waals surface area contributed by atoms with Crippen molar-refractivity contribution in [2.45, 2.75) is 37.8 Å². The number of carbonyl (C=O) groups is 5. The molecule has 0 rings (SSSR count). The van der Waals surface area contributed by atoms with Crippen LogP contribution in [0.2, 0.25) is 0 Å². The molecular weight excluding hydrogens is 496 g/mol. The minimum absolute atomic E-state index is 0.00610. The molecule has 2 atom stereocenters. The van der Waals surface area contributed by atoms with Crippen LogP contribution in [-0.4, -0.2) is 125 Å². The molecule has 0 bridgehead atoms. The van der Waals surface area contributed by atoms with E-state index in [-0.39, 0.29) is 64.6 Å². The number of likely N-dealkylation sites (N-methyl/N-ethyl adjacent to an activating group) is 1. The molecule has 0 heterocycles. The van der Waals surface area contributed by atoms with Gasteiger partial charge in [-0.25, -0.2) is 4.79 Å². The van der Waals surface area contributed by atoms with Crippen LogP contribution in [0.25, 0.3) is 0 Å². The Morgan fingerprint density at radius 2 is 1.19 bits per heavy atom. The van der Waals surface area contributed by atoms with Crippen molar-refractivity contribution in [2.75, 3.05) is 73.5 Å². The fourth-order valence-corrected chi connectivity index (χ4v) is 2.76. The molecule has 0 aliphatic carbocycles. The first-order chi connectivity index (χ1) is 17.7. The lowest BCUT2D eigenvalue weighted by molar-refractivity contribution is -0.143. The smallest absolute Gasteiger partial charge is 0.326 e. The molecule has 15 nitrogen and oxygen atoms in total. The van der Waals surface area contributed by atoms with Gasteiger partial charge in [0.05, 0.1) is 39.6 Å². The minimum atomic E-state index is -1.29. The highest BCUT2D eigenvalue weighted by molar-refractivity contribution is 5.85. The fourth-order valence-electron chi connectivity index (χ4n) is 2.76. The lowest BCUT2D eigenvalue weighted by Crippen LogP contribution is -2.42. The molecule has 0 aliphatic heterocycles. The Hall–Kier alpha value is -2.85. The van der Waals surface area contributed by atoms with E-state index in [1.54, 1.807) is 7.11 Å². The summed E-state index contributed by atoms with van der Waals surface area (Å²) in [6, 6.07) is -2.19. The van der Waals surface area contributed by atoms with E-state index in [9.17, 15) is 29.1 Å². The van der Waals surface area contributed by atoms with Crippen molar-refractivity contribution in [2.24, 2.45) is 0 Å². The highest BCUT2D eigenvalue weighted by atomic mass is 16.5. The van der Waals surface area contributed by atoms with Crippen molar-refractivity contribution in [1.82, 2.24) is 21.3 Å². The van der Waals surface area contributed by atoms with Gasteiger partial charge < -0.3 is 50.4 Å². The van der Waals surface area contributed by atoms with Crippen LogP contribution in [0.3, 0.4) is 0 Å². The van der Waals surface area contributed by atoms with Crippen molar-refractivity contribution in [3.63, 3.8) is 0 Å². The van der Waals surface area contributed by atoms with Gasteiger partial charge in [0.25, 0.3) is 0 Å². The quantitative estimate of drug-likeness (QED) is 0.0720. The van der Waals surface area contributed by atoms with E-state index in [4.69, 9.17) is 24.1 Å². The predicted molar refractivity (Wildman–Crippen MR) is 129 cm³/mol. The van der Waals surface area contributed by atoms with Gasteiger partial charge in [0, 0.05) is 33.0 Å². The molecular formula is C22H40N4O11. The molecule has 6 N–H and O–H groups in total. The minimum Gasteiger partial charge on any atom is -0.480 e. The Balaban J connectivity index is 3.85. The van der Waals surface area contributed by atoms with Crippen LogP contribution >= 0.6 is 0 Å². The van der Waals surface area contributed by atoms with Crippen LogP contribution in [-0.2, 0) is 42.9 Å². The zero-order chi connectivity index (χ0) is 27.9. The van der Waals surface area contributed by atoms with Crippen LogP contribution in [0.15, 0.2) is 0 Å². The van der Waals surface area contributed by atoms with Crippen molar-refractivity contribution in [1.29, 1.82) is 0 Å². The first-order valence-corrected chi connectivity index (χ1v) is 11.9. The first kappa shape index (κ1) is 34.1. The van der Waals surface area contributed by atoms with Crippen LogP contribution in [0, 0.1) is 0 Å². The second-order valence-corrected chi connectivity index (χ2v) is 7.69. The number of carboxylic acid groups (broad SMARTS) is 2. The largest absolute Gasteiger partial charge is 0.480 e. The van der Waals surface area contributed by atoms with Crippen LogP contribution < -0.4 is 21.3 Å². The fraction of sp³-hybridized carbons (Fsp3) is 0.773. The summed E-state index contributed by atoms with van der Waals surface area (Å²) in [5.41, 5.74) is 0. The van der Waals surface area contributed by atoms with Crippen molar-refractivity contribution in [3.05, 3.63) is 0 Å². The van der Waals surface area contributed by atoms with E-state index in [0.717, 1.165) is 0 Å². The van der Waals surface area contributed by atoms with Gasteiger partial charge in [-0.1, -0.05) is 0 Å². The number of hydrogen-bond donors (Lipinski definition) is 6. The molecule has 0 aromatic rings. The Bertz CT molecular complexity index is 694. The Morgan fingerprint density at radius 1 is 0.676 bits per heavy atom. The van der Waals surface area contributed by atoms with E-state index >= 15 is 0 Å². The Labute approximate surface area is 215 Å². The van der Waals surface area contributed by atoms with E-state index < -0.39 is 35.8 Å². The number of hydrogen-bond acceptors (Lipinski definition) is 10. The summed E-state index contributed by atoms with van der Waals surface area (Å²) in [4.78, 5) is 57.7. The Kier molecular flexibility index (Phi) is 20.6. The van der Waals surface area contributed by atoms with Gasteiger partial charge in [0.15, 0.2) is 0 Å². The predicted octanol–water partition coefficient (Wildman–Crippen LogP) is -2.28. The molecule has 214 valence electrons. The molecule has 0 aliphatic rings. The van der Waals surface area contributed by atoms with Crippen LogP contribution in [0.5, 0.6) is 0 Å². The van der Waals surface area contributed by atoms with Gasteiger partial charge in [-0.2, -0.15) is 0 Å². The van der Waals surface area contributed by atoms with Gasteiger partial charge in [-0.05, 0) is 19.9 Å². The molecule has 0 fully saturated rings. The third kappa shape index (κ3) is 20.0. The molecule has 0 aromatic heterocycles. The molecule has 37 heavy (non-hydrogen) atoms. The number of methoxy groups -OCH3 is 1. The summed E-state index contributed by atoms with van der Waals surface area (Å²) in [5.74, 6) is -3.71. The average molecular weight is 537 g/mol. The van der Waals surface area contributed by atoms with E-state index in [1.165, 1.54) is 7.05 Å². The molecule has 3 amide bonds. The summed E-state index contributed by atoms with van der Waals surface area (Å²) < 4.78 is 20.5. The van der Waals surface area contributed by atoms with Gasteiger partial charge in [0.1, 0.15) is 18.7 Å². The molecule has 0 unspecified atom stereocenters. The number of aliphatic carboxylic acids is 2. The zero-order valence-corrected chi connectivity index (χ0v) is 21.4. The monoisotopic (exact) mass is 536 g/mol. The number of amides is 3. The van der Waals surface area contributed by atoms with Crippen molar-refractivity contribution < 1.29 is 53.1 Å². The number of nitrogens with one attached hydrogen (secondary N) is 4. The molecule has 0 spiro atoms. The summed E-state index contributed by atoms with van der Waals surface area (Å²) in [6.07, 6.45) is -0.448. The SMILES string of the molecule is CN[C@@H](CCC(=O)N[C@@H](CCC(=O)NCCOCCOCC(=O)NCCOCCOC)C(=O)O)C(=O)O. The zero-order valence-electron chi connectivity index (χ0n) is 21.4. The molecule has 0 aromatic carbocycles. The van der Waals surface area contributed by atoms with E-state index in [0.29, 0.717) is 26.4 Å². The van der Waals surface area contributed by atoms with E-state index in [2.05, 4.69) is 21.3 Å². The first-order valence-electron chi connectivity index (χ1n) is 11.9. The lowest BCUT2D eigenvalue weighted by atomic mass is 10.1. The molecule has 0 saturated carbocycles. The summed E-state index contributed by atoms with van der Waals surface area (Å²) in [5, 5.41) is 28.3. The lowest BCUT2D eigenvalue weighted by Gasteiger charge is -2.16. The highest BCUT2D eigenvalue weighted by Crippen LogP contribution is 2.02. The van der Waals surface area contributed by atoms with Gasteiger partial charge in [-0.3, -0.25) is 19.2 Å². The topological polar surface area (TPSA) is 211 Å². The van der Waals surface area contributed by atoms with Crippen molar-refractivity contribution in [3.8, 4) is 0 Å². The van der Waals surface area contributed by atoms with Gasteiger partial charge in [-0.15, -0.1) is 0 Å². The number of ether oxygens (including phenoxy) is 4. The van der Waals surface area contributed by atoms with Crippen LogP contribution in [0.4, 0.5) is 0 Å². The van der Waals surface area contributed by atoms with Gasteiger partial charge in [0.2, 0.25) is 17.7 Å². The average Bonchev–Trinajstić information content (AvgIpc) is 2.85. The normalized spacial score (nSPS) is 12.4. The second-order valence-electron chi connectivity index (χ2n) is 7.69. The third-order valence-electron chi connectivity index (χ3n) is 4.77. The number of carboxylic acids is 2. The third-order valence-corrected chi connectivity index (χ3v) is 4.77. The number of carbonyl (C=O) groups excluding carboxylic acids is 3. The van der Waals surface area contributed by atoms with Crippen molar-refractivity contribution >= 4 is 29.7 Å². The summed E-state index contributed by atoms with van der Waals surface area (Å²) in [7, 11) is 3.02. The molecule has 0 saturated heterocycles. The standard InChI is InChI=1S/C22H40N4O11/c1-23-16(21(30)31)3-6-19(28)26-17(22(32)33)4-5-18(27)24-7-9-36-13-14-37-15-20(29)25-8-10-35-12-11-34-2/h16-17,23H,3-15H2,1-2H3,(H,24,27)(H,25,29)(H,26,28)(H,30,31)(H,32,33)/t16-,17-/m0/s1. The van der Waals surface area contributed by atoms with Gasteiger partial charge >= 0.3 is 11.9 Å². The Morgan fingerprint density at radius 3 is 1.76 bits per heavy atom. The maximum atomic E-state index is 11.9. The summed E-state index contributed by atoms with van der Waals surface area (Å²) in [6.45, 7) is 2.35. The van der Waals surface area contributed by atoms with E-state index in [1.807, 2.05) is 0 Å². The second kappa shape index (κ2) is 22.4. The summed E-state index contributed by atoms with van der Waals surface area (Å²) >= 11 is 0. The van der Waals surface area contributed by atoms with Crippen LogP contribution in [0.1, 0.15) is 25.7 Å². The highest BCUT2D eigenvalue weighted by Gasteiger charge is 2.22. The maximum Gasteiger partial charge on any atom is 0.326 e. The molecule has 15 heteroatoms. The maximum absolute atomic E-state index is 11.9. The number of rotatable bonds is 24.